The summed E-state index contributed by atoms with van der Waals surface area (Å²) in [7, 11) is 4.26. The standard InChI is InChI=1S/C35H41FN6O3/c1-39-17-19-41(20-18-39)16-6-13-38-35(44)27-22-42-29-11-10-23-7-3-4-9-25(23)33(29)45-34-30(28(36)21-26(31(34)42)32(27)43)37-14-12-24-8-5-15-40(24)2/h3-4,7,9-11,21-22,24,37H,5-6,8,12-20H2,1-2H3,(H,38,44). The van der Waals surface area contributed by atoms with E-state index in [4.69, 9.17) is 4.74 Å². The minimum atomic E-state index is -0.575. The number of piperazine rings is 1. The molecule has 1 aromatic heterocycles. The number of likely N-dealkylation sites (N-methyl/N-ethyl adjacent to an activating group) is 1. The first-order valence-electron chi connectivity index (χ1n) is 16.1. The van der Waals surface area contributed by atoms with Crippen LogP contribution in [0.1, 0.15) is 36.0 Å². The summed E-state index contributed by atoms with van der Waals surface area (Å²) in [6, 6.07) is 13.5. The molecule has 1 unspecified atom stereocenters. The van der Waals surface area contributed by atoms with E-state index in [2.05, 4.69) is 39.4 Å². The Balaban J connectivity index is 1.23. The van der Waals surface area contributed by atoms with Gasteiger partial charge in [0.15, 0.2) is 17.3 Å². The number of rotatable bonds is 9. The van der Waals surface area contributed by atoms with E-state index >= 15 is 4.39 Å². The Morgan fingerprint density at radius 2 is 1.82 bits per heavy atom. The number of ether oxygens (including phenoxy) is 1. The van der Waals surface area contributed by atoms with Crippen molar-refractivity contribution in [3.05, 3.63) is 70.3 Å². The Morgan fingerprint density at radius 3 is 2.62 bits per heavy atom. The molecule has 1 amide bonds. The van der Waals surface area contributed by atoms with E-state index in [9.17, 15) is 9.59 Å². The first-order valence-corrected chi connectivity index (χ1v) is 16.1. The van der Waals surface area contributed by atoms with Gasteiger partial charge in [-0.2, -0.15) is 0 Å². The summed E-state index contributed by atoms with van der Waals surface area (Å²) in [5.74, 6) is -0.199. The number of nitrogens with zero attached hydrogens (tertiary/aromatic N) is 4. The summed E-state index contributed by atoms with van der Waals surface area (Å²) < 4.78 is 24.3. The van der Waals surface area contributed by atoms with Crippen LogP contribution >= 0.6 is 0 Å². The second-order valence-electron chi connectivity index (χ2n) is 12.7. The number of amides is 1. The van der Waals surface area contributed by atoms with Crippen molar-refractivity contribution in [1.29, 1.82) is 0 Å². The second kappa shape index (κ2) is 12.4. The molecule has 2 N–H and O–H groups in total. The number of carbonyl (C=O) groups is 1. The SMILES string of the molecule is CN1CCN(CCCNC(=O)c2cn3c4c(c(NCCC5CCCN5C)c(F)cc4c2=O)Oc2c-3ccc3ccccc23)CC1. The van der Waals surface area contributed by atoms with E-state index in [0.717, 1.165) is 69.3 Å². The maximum Gasteiger partial charge on any atom is 0.256 e. The molecule has 4 aromatic rings. The highest BCUT2D eigenvalue weighted by atomic mass is 19.1. The van der Waals surface area contributed by atoms with Gasteiger partial charge < -0.3 is 34.6 Å². The van der Waals surface area contributed by atoms with E-state index in [1.807, 2.05) is 41.0 Å². The lowest BCUT2D eigenvalue weighted by Gasteiger charge is -2.32. The number of benzene rings is 3. The number of carbonyl (C=O) groups excluding carboxylic acids is 1. The summed E-state index contributed by atoms with van der Waals surface area (Å²) in [6.07, 6.45) is 5.54. The van der Waals surface area contributed by atoms with Crippen LogP contribution in [-0.4, -0.2) is 97.7 Å². The summed E-state index contributed by atoms with van der Waals surface area (Å²) in [6.45, 7) is 7.08. The molecule has 10 heteroatoms. The van der Waals surface area contributed by atoms with Crippen LogP contribution < -0.4 is 20.8 Å². The third-order valence-electron chi connectivity index (χ3n) is 9.75. The fourth-order valence-corrected chi connectivity index (χ4v) is 7.05. The number of hydrogen-bond donors (Lipinski definition) is 2. The quantitative estimate of drug-likeness (QED) is 0.235. The Hall–Kier alpha value is -3.99. The molecule has 3 aliphatic heterocycles. The lowest BCUT2D eigenvalue weighted by Crippen LogP contribution is -2.45. The van der Waals surface area contributed by atoms with Crippen LogP contribution in [0.2, 0.25) is 0 Å². The van der Waals surface area contributed by atoms with Gasteiger partial charge in [0, 0.05) is 56.9 Å². The molecule has 0 aliphatic carbocycles. The van der Waals surface area contributed by atoms with Crippen molar-refractivity contribution in [2.45, 2.75) is 31.7 Å². The molecular weight excluding hydrogens is 571 g/mol. The van der Waals surface area contributed by atoms with E-state index in [1.54, 1.807) is 6.20 Å². The predicted molar refractivity (Wildman–Crippen MR) is 177 cm³/mol. The lowest BCUT2D eigenvalue weighted by molar-refractivity contribution is 0.0948. The van der Waals surface area contributed by atoms with Gasteiger partial charge in [-0.25, -0.2) is 4.39 Å². The number of anilines is 1. The largest absolute Gasteiger partial charge is 0.450 e. The van der Waals surface area contributed by atoms with Crippen LogP contribution in [0, 0.1) is 5.82 Å². The molecule has 4 heterocycles. The molecule has 0 saturated carbocycles. The molecule has 1 atom stereocenters. The Kier molecular flexibility index (Phi) is 8.20. The van der Waals surface area contributed by atoms with Crippen molar-refractivity contribution >= 4 is 33.3 Å². The minimum absolute atomic E-state index is 0.0153. The van der Waals surface area contributed by atoms with Crippen molar-refractivity contribution in [3.63, 3.8) is 0 Å². The molecule has 2 fully saturated rings. The summed E-state index contributed by atoms with van der Waals surface area (Å²) in [4.78, 5) is 34.3. The van der Waals surface area contributed by atoms with Crippen molar-refractivity contribution in [2.75, 3.05) is 71.8 Å². The number of fused-ring (bicyclic) bond motifs is 4. The van der Waals surface area contributed by atoms with Crippen LogP contribution in [0.5, 0.6) is 11.5 Å². The first-order chi connectivity index (χ1) is 21.9. The molecule has 7 rings (SSSR count). The molecule has 9 nitrogen and oxygen atoms in total. The van der Waals surface area contributed by atoms with Gasteiger partial charge in [-0.3, -0.25) is 9.59 Å². The van der Waals surface area contributed by atoms with E-state index < -0.39 is 17.2 Å². The number of hydrogen-bond acceptors (Lipinski definition) is 7. The molecule has 0 radical (unpaired) electrons. The zero-order valence-electron chi connectivity index (χ0n) is 26.1. The molecule has 3 aromatic carbocycles. The van der Waals surface area contributed by atoms with Crippen molar-refractivity contribution in [2.24, 2.45) is 0 Å². The summed E-state index contributed by atoms with van der Waals surface area (Å²) in [5, 5.41) is 8.21. The van der Waals surface area contributed by atoms with Crippen LogP contribution in [0.25, 0.3) is 27.4 Å². The zero-order valence-corrected chi connectivity index (χ0v) is 26.1. The average molecular weight is 613 g/mol. The van der Waals surface area contributed by atoms with Gasteiger partial charge in [0.1, 0.15) is 16.8 Å². The van der Waals surface area contributed by atoms with Gasteiger partial charge in [-0.15, -0.1) is 0 Å². The summed E-state index contributed by atoms with van der Waals surface area (Å²) >= 11 is 0. The Labute approximate surface area is 262 Å². The molecule has 2 saturated heterocycles. The van der Waals surface area contributed by atoms with Gasteiger partial charge >= 0.3 is 0 Å². The molecule has 3 aliphatic rings. The molecular formula is C35H41FN6O3. The maximum atomic E-state index is 15.9. The zero-order chi connectivity index (χ0) is 31.1. The number of halogens is 1. The normalized spacial score (nSPS) is 18.7. The number of pyridine rings is 1. The Morgan fingerprint density at radius 1 is 1.00 bits per heavy atom. The van der Waals surface area contributed by atoms with Crippen molar-refractivity contribution < 1.29 is 13.9 Å². The van der Waals surface area contributed by atoms with Crippen LogP contribution in [0.15, 0.2) is 53.5 Å². The average Bonchev–Trinajstić information content (AvgIpc) is 3.46. The highest BCUT2D eigenvalue weighted by molar-refractivity contribution is 6.03. The van der Waals surface area contributed by atoms with Crippen LogP contribution in [-0.2, 0) is 0 Å². The summed E-state index contributed by atoms with van der Waals surface area (Å²) in [5.41, 5.74) is 0.858. The van der Waals surface area contributed by atoms with Crippen LogP contribution in [0.4, 0.5) is 10.1 Å². The van der Waals surface area contributed by atoms with Gasteiger partial charge in [0.2, 0.25) is 5.43 Å². The first kappa shape index (κ1) is 29.7. The number of likely N-dealkylation sites (tertiary alicyclic amines) is 1. The van der Waals surface area contributed by atoms with Gasteiger partial charge in [0.25, 0.3) is 5.91 Å². The second-order valence-corrected chi connectivity index (χ2v) is 12.7. The van der Waals surface area contributed by atoms with E-state index in [1.165, 1.54) is 12.5 Å². The molecule has 45 heavy (non-hydrogen) atoms. The maximum absolute atomic E-state index is 15.9. The number of aromatic nitrogens is 1. The minimum Gasteiger partial charge on any atom is -0.450 e. The predicted octanol–water partition coefficient (Wildman–Crippen LogP) is 4.65. The highest BCUT2D eigenvalue weighted by Gasteiger charge is 2.30. The fraction of sp³-hybridized carbons (Fsp3) is 0.429. The van der Waals surface area contributed by atoms with Crippen molar-refractivity contribution in [3.8, 4) is 17.2 Å². The highest BCUT2D eigenvalue weighted by Crippen LogP contribution is 2.47. The third kappa shape index (κ3) is 5.67. The van der Waals surface area contributed by atoms with Gasteiger partial charge in [-0.1, -0.05) is 30.3 Å². The van der Waals surface area contributed by atoms with Gasteiger partial charge in [-0.05, 0) is 70.4 Å². The molecule has 0 bridgehead atoms. The third-order valence-corrected chi connectivity index (χ3v) is 9.75. The monoisotopic (exact) mass is 612 g/mol. The Bertz CT molecular complexity index is 1820. The smallest absolute Gasteiger partial charge is 0.256 e. The van der Waals surface area contributed by atoms with E-state index in [-0.39, 0.29) is 22.4 Å². The van der Waals surface area contributed by atoms with Crippen molar-refractivity contribution in [1.82, 2.24) is 24.6 Å². The molecule has 0 spiro atoms. The van der Waals surface area contributed by atoms with E-state index in [0.29, 0.717) is 36.1 Å². The fourth-order valence-electron chi connectivity index (χ4n) is 7.05. The topological polar surface area (TPSA) is 82.1 Å². The lowest BCUT2D eigenvalue weighted by atomic mass is 10.0. The van der Waals surface area contributed by atoms with Crippen LogP contribution in [0.3, 0.4) is 0 Å². The number of nitrogens with one attached hydrogen (secondary N) is 2. The van der Waals surface area contributed by atoms with Gasteiger partial charge in [0.05, 0.1) is 11.1 Å². The molecule has 236 valence electrons.